The molecule has 0 bridgehead atoms. The Morgan fingerprint density at radius 3 is 2.36 bits per heavy atom. The molecule has 28 heavy (non-hydrogen) atoms. The topological polar surface area (TPSA) is 109 Å². The summed E-state index contributed by atoms with van der Waals surface area (Å²) in [6.45, 7) is 3.41. The molecule has 1 aromatic carbocycles. The maximum Gasteiger partial charge on any atom is 0.326 e. The molecule has 2 atom stereocenters. The van der Waals surface area contributed by atoms with Gasteiger partial charge in [0.25, 0.3) is 0 Å². The Kier molecular flexibility index (Phi) is 7.56. The lowest BCUT2D eigenvalue weighted by Crippen LogP contribution is -2.53. The van der Waals surface area contributed by atoms with Crippen molar-refractivity contribution in [3.63, 3.8) is 0 Å². The lowest BCUT2D eigenvalue weighted by molar-refractivity contribution is -0.143. The minimum atomic E-state index is -1.12. The third-order valence-electron chi connectivity index (χ3n) is 4.09. The van der Waals surface area contributed by atoms with Crippen LogP contribution in [0.3, 0.4) is 0 Å². The Hall–Kier alpha value is -3.35. The first kappa shape index (κ1) is 21.0. The van der Waals surface area contributed by atoms with Crippen molar-refractivity contribution in [2.75, 3.05) is 0 Å². The van der Waals surface area contributed by atoms with E-state index in [1.165, 1.54) is 18.4 Å². The summed E-state index contributed by atoms with van der Waals surface area (Å²) < 4.78 is 5.13. The van der Waals surface area contributed by atoms with E-state index in [9.17, 15) is 19.5 Å². The highest BCUT2D eigenvalue weighted by Crippen LogP contribution is 2.07. The van der Waals surface area contributed by atoms with Crippen LogP contribution in [0.5, 0.6) is 0 Å². The van der Waals surface area contributed by atoms with Gasteiger partial charge in [-0.1, -0.05) is 44.2 Å². The minimum absolute atomic E-state index is 0.234. The van der Waals surface area contributed by atoms with Gasteiger partial charge in [-0.2, -0.15) is 0 Å². The predicted octanol–water partition coefficient (Wildman–Crippen LogP) is 2.25. The molecule has 0 unspecified atom stereocenters. The summed E-state index contributed by atoms with van der Waals surface area (Å²) in [5.74, 6) is -1.95. The molecular formula is C21H24N2O5. The van der Waals surface area contributed by atoms with Gasteiger partial charge in [-0.05, 0) is 29.7 Å². The van der Waals surface area contributed by atoms with Crippen LogP contribution in [0, 0.1) is 5.92 Å². The second-order valence-electron chi connectivity index (χ2n) is 6.67. The van der Waals surface area contributed by atoms with Gasteiger partial charge in [0.1, 0.15) is 17.8 Å². The van der Waals surface area contributed by atoms with Gasteiger partial charge in [-0.3, -0.25) is 9.59 Å². The second kappa shape index (κ2) is 10.1. The number of benzene rings is 1. The summed E-state index contributed by atoms with van der Waals surface area (Å²) >= 11 is 0. The fourth-order valence-corrected chi connectivity index (χ4v) is 2.59. The highest BCUT2D eigenvalue weighted by atomic mass is 16.4. The van der Waals surface area contributed by atoms with Crippen molar-refractivity contribution in [1.82, 2.24) is 10.6 Å². The van der Waals surface area contributed by atoms with Crippen LogP contribution in [0.15, 0.2) is 59.2 Å². The lowest BCUT2D eigenvalue weighted by atomic mass is 10.0. The van der Waals surface area contributed by atoms with E-state index in [1.807, 2.05) is 30.3 Å². The number of nitrogens with one attached hydrogen (secondary N) is 2. The molecule has 7 heteroatoms. The summed E-state index contributed by atoms with van der Waals surface area (Å²) in [7, 11) is 0. The number of carbonyl (C=O) groups is 3. The third kappa shape index (κ3) is 6.42. The van der Waals surface area contributed by atoms with E-state index in [2.05, 4.69) is 10.6 Å². The number of carbonyl (C=O) groups excluding carboxylic acids is 2. The molecule has 0 spiro atoms. The van der Waals surface area contributed by atoms with Gasteiger partial charge in [-0.15, -0.1) is 0 Å². The first-order valence-corrected chi connectivity index (χ1v) is 8.96. The normalized spacial score (nSPS) is 13.2. The number of carboxylic acids is 1. The number of rotatable bonds is 9. The van der Waals surface area contributed by atoms with Crippen molar-refractivity contribution in [2.24, 2.45) is 5.92 Å². The van der Waals surface area contributed by atoms with Crippen LogP contribution in [0.2, 0.25) is 0 Å². The lowest BCUT2D eigenvalue weighted by Gasteiger charge is -2.23. The second-order valence-corrected chi connectivity index (χ2v) is 6.67. The van der Waals surface area contributed by atoms with Gasteiger partial charge in [0.15, 0.2) is 0 Å². The summed E-state index contributed by atoms with van der Waals surface area (Å²) in [6, 6.07) is 10.6. The summed E-state index contributed by atoms with van der Waals surface area (Å²) in [6.07, 6.45) is 4.47. The van der Waals surface area contributed by atoms with Crippen LogP contribution in [0.4, 0.5) is 0 Å². The SMILES string of the molecule is CC(C)[C@H](NC(=O)[C@H](Cc1ccccc1)NC(=O)C=Cc1ccco1)C(=O)O. The smallest absolute Gasteiger partial charge is 0.326 e. The molecule has 148 valence electrons. The Balaban J connectivity index is 2.12. The zero-order valence-electron chi connectivity index (χ0n) is 15.8. The third-order valence-corrected chi connectivity index (χ3v) is 4.09. The molecule has 0 saturated carbocycles. The molecule has 3 N–H and O–H groups in total. The van der Waals surface area contributed by atoms with E-state index in [1.54, 1.807) is 26.0 Å². The molecule has 0 radical (unpaired) electrons. The highest BCUT2D eigenvalue weighted by molar-refractivity contribution is 5.96. The van der Waals surface area contributed by atoms with Crippen molar-refractivity contribution >= 4 is 23.9 Å². The molecule has 1 aromatic heterocycles. The van der Waals surface area contributed by atoms with Crippen LogP contribution < -0.4 is 10.6 Å². The van der Waals surface area contributed by atoms with E-state index in [4.69, 9.17) is 4.42 Å². The maximum absolute atomic E-state index is 12.7. The Labute approximate surface area is 163 Å². The van der Waals surface area contributed by atoms with Crippen LogP contribution in [0.1, 0.15) is 25.2 Å². The molecule has 1 heterocycles. The largest absolute Gasteiger partial charge is 0.480 e. The molecule has 2 aromatic rings. The minimum Gasteiger partial charge on any atom is -0.480 e. The average molecular weight is 384 g/mol. The standard InChI is InChI=1S/C21H24N2O5/c1-14(2)19(21(26)27)23-20(25)17(13-15-7-4-3-5-8-15)22-18(24)11-10-16-9-6-12-28-16/h3-12,14,17,19H,13H2,1-2H3,(H,22,24)(H,23,25)(H,26,27)/t17-,19-/m0/s1. The monoisotopic (exact) mass is 384 g/mol. The number of amides is 2. The van der Waals surface area contributed by atoms with Gasteiger partial charge in [-0.25, -0.2) is 4.79 Å². The molecule has 0 fully saturated rings. The maximum atomic E-state index is 12.7. The summed E-state index contributed by atoms with van der Waals surface area (Å²) in [4.78, 5) is 36.4. The van der Waals surface area contributed by atoms with Crippen molar-refractivity contribution in [3.8, 4) is 0 Å². The molecule has 2 rings (SSSR count). The predicted molar refractivity (Wildman–Crippen MR) is 104 cm³/mol. The molecule has 2 amide bonds. The fraction of sp³-hybridized carbons (Fsp3) is 0.286. The van der Waals surface area contributed by atoms with Crippen molar-refractivity contribution in [3.05, 3.63) is 66.1 Å². The quantitative estimate of drug-likeness (QED) is 0.575. The Morgan fingerprint density at radius 1 is 1.07 bits per heavy atom. The Morgan fingerprint density at radius 2 is 1.79 bits per heavy atom. The first-order chi connectivity index (χ1) is 13.4. The Bertz CT molecular complexity index is 813. The van der Waals surface area contributed by atoms with Crippen molar-refractivity contribution in [1.29, 1.82) is 0 Å². The van der Waals surface area contributed by atoms with Gasteiger partial charge in [0, 0.05) is 12.5 Å². The molecule has 0 aliphatic heterocycles. The molecule has 7 nitrogen and oxygen atoms in total. The number of furan rings is 1. The zero-order chi connectivity index (χ0) is 20.5. The number of hydrogen-bond donors (Lipinski definition) is 3. The van der Waals surface area contributed by atoms with Gasteiger partial charge < -0.3 is 20.2 Å². The van der Waals surface area contributed by atoms with Gasteiger partial charge in [0.2, 0.25) is 11.8 Å². The van der Waals surface area contributed by atoms with E-state index < -0.39 is 29.9 Å². The van der Waals surface area contributed by atoms with E-state index >= 15 is 0 Å². The molecule has 0 aliphatic carbocycles. The first-order valence-electron chi connectivity index (χ1n) is 8.96. The van der Waals surface area contributed by atoms with Crippen LogP contribution in [0.25, 0.3) is 6.08 Å². The van der Waals surface area contributed by atoms with Crippen LogP contribution >= 0.6 is 0 Å². The average Bonchev–Trinajstić information content (AvgIpc) is 3.17. The number of hydrogen-bond acceptors (Lipinski definition) is 4. The van der Waals surface area contributed by atoms with Gasteiger partial charge >= 0.3 is 5.97 Å². The summed E-state index contributed by atoms with van der Waals surface area (Å²) in [5, 5.41) is 14.5. The van der Waals surface area contributed by atoms with Crippen molar-refractivity contribution in [2.45, 2.75) is 32.4 Å². The highest BCUT2D eigenvalue weighted by Gasteiger charge is 2.28. The number of carboxylic acid groups (broad SMARTS) is 1. The van der Waals surface area contributed by atoms with E-state index in [0.717, 1.165) is 5.56 Å². The zero-order valence-corrected chi connectivity index (χ0v) is 15.8. The molecule has 0 saturated heterocycles. The molecular weight excluding hydrogens is 360 g/mol. The van der Waals surface area contributed by atoms with Crippen molar-refractivity contribution < 1.29 is 23.9 Å². The van der Waals surface area contributed by atoms with Crippen LogP contribution in [-0.2, 0) is 20.8 Å². The summed E-state index contributed by atoms with van der Waals surface area (Å²) in [5.41, 5.74) is 0.842. The van der Waals surface area contributed by atoms with E-state index in [0.29, 0.717) is 5.76 Å². The van der Waals surface area contributed by atoms with Crippen LogP contribution in [-0.4, -0.2) is 35.0 Å². The van der Waals surface area contributed by atoms with Gasteiger partial charge in [0.05, 0.1) is 6.26 Å². The molecule has 0 aliphatic rings. The number of aliphatic carboxylic acids is 1. The van der Waals surface area contributed by atoms with E-state index in [-0.39, 0.29) is 12.3 Å². The fourth-order valence-electron chi connectivity index (χ4n) is 2.59.